The Hall–Kier alpha value is -2.74. The van der Waals surface area contributed by atoms with Gasteiger partial charge in [-0.25, -0.2) is 9.97 Å². The van der Waals surface area contributed by atoms with Crippen LogP contribution in [0.1, 0.15) is 89.2 Å². The highest BCUT2D eigenvalue weighted by Gasteiger charge is 2.06. The largest absolute Gasteiger partial charge is 0.246 e. The maximum Gasteiger partial charge on any atom is 0.0894 e. The fraction of sp³-hybridized carbons (Fsp3) is 0.438. The molecule has 34 heavy (non-hydrogen) atoms. The minimum atomic E-state index is 0.946. The molecule has 0 saturated heterocycles. The molecule has 0 unspecified atom stereocenters. The van der Waals surface area contributed by atoms with E-state index in [-0.39, 0.29) is 0 Å². The molecule has 0 bridgehead atoms. The zero-order valence-electron chi connectivity index (χ0n) is 21.2. The SMILES string of the molecule is CCCCCCCc1ccc2nc(-c3ccc4cc(CCCCCCC)ccc4n3)ccc2c1. The molecule has 0 radical (unpaired) electrons. The first-order valence-corrected chi connectivity index (χ1v) is 13.6. The van der Waals surface area contributed by atoms with E-state index in [4.69, 9.17) is 9.97 Å². The van der Waals surface area contributed by atoms with Gasteiger partial charge in [0.15, 0.2) is 0 Å². The van der Waals surface area contributed by atoms with Crippen molar-refractivity contribution in [2.45, 2.75) is 90.9 Å². The number of hydrogen-bond donors (Lipinski definition) is 0. The predicted molar refractivity (Wildman–Crippen MR) is 147 cm³/mol. The zero-order valence-corrected chi connectivity index (χ0v) is 21.2. The molecule has 4 aromatic rings. The van der Waals surface area contributed by atoms with Crippen molar-refractivity contribution >= 4 is 21.8 Å². The fourth-order valence-electron chi connectivity index (χ4n) is 4.81. The summed E-state index contributed by atoms with van der Waals surface area (Å²) in [6, 6.07) is 22.1. The number of aryl methyl sites for hydroxylation is 2. The molecule has 0 atom stereocenters. The Labute approximate surface area is 205 Å². The third kappa shape index (κ3) is 6.65. The highest BCUT2D eigenvalue weighted by molar-refractivity contribution is 5.84. The van der Waals surface area contributed by atoms with Crippen molar-refractivity contribution in [2.24, 2.45) is 0 Å². The average Bonchev–Trinajstić information content (AvgIpc) is 2.87. The van der Waals surface area contributed by atoms with Crippen LogP contribution in [0.25, 0.3) is 33.2 Å². The summed E-state index contributed by atoms with van der Waals surface area (Å²) < 4.78 is 0. The van der Waals surface area contributed by atoms with Crippen LogP contribution in [-0.4, -0.2) is 9.97 Å². The highest BCUT2D eigenvalue weighted by atomic mass is 14.8. The average molecular weight is 453 g/mol. The zero-order chi connectivity index (χ0) is 23.6. The minimum absolute atomic E-state index is 0.946. The van der Waals surface area contributed by atoms with E-state index in [1.165, 1.54) is 86.1 Å². The summed E-state index contributed by atoms with van der Waals surface area (Å²) >= 11 is 0. The van der Waals surface area contributed by atoms with Crippen LogP contribution in [0.15, 0.2) is 60.7 Å². The van der Waals surface area contributed by atoms with Crippen LogP contribution in [0.2, 0.25) is 0 Å². The Morgan fingerprint density at radius 3 is 1.35 bits per heavy atom. The third-order valence-corrected chi connectivity index (χ3v) is 6.91. The summed E-state index contributed by atoms with van der Waals surface area (Å²) in [5, 5.41) is 2.44. The molecule has 4 rings (SSSR count). The second-order valence-electron chi connectivity index (χ2n) is 9.78. The van der Waals surface area contributed by atoms with Gasteiger partial charge in [0.1, 0.15) is 0 Å². The van der Waals surface area contributed by atoms with Gasteiger partial charge in [-0.15, -0.1) is 0 Å². The Balaban J connectivity index is 1.42. The predicted octanol–water partition coefficient (Wildman–Crippen LogP) is 9.48. The van der Waals surface area contributed by atoms with Crippen LogP contribution in [0.4, 0.5) is 0 Å². The van der Waals surface area contributed by atoms with Crippen LogP contribution < -0.4 is 0 Å². The molecule has 0 aliphatic heterocycles. The Morgan fingerprint density at radius 1 is 0.471 bits per heavy atom. The van der Waals surface area contributed by atoms with E-state index in [1.807, 2.05) is 0 Å². The highest BCUT2D eigenvalue weighted by Crippen LogP contribution is 2.24. The van der Waals surface area contributed by atoms with Crippen molar-refractivity contribution < 1.29 is 0 Å². The maximum absolute atomic E-state index is 4.93. The summed E-state index contributed by atoms with van der Waals surface area (Å²) in [5.74, 6) is 0. The van der Waals surface area contributed by atoms with Gasteiger partial charge in [0.2, 0.25) is 0 Å². The van der Waals surface area contributed by atoms with Crippen molar-refractivity contribution in [3.8, 4) is 11.4 Å². The maximum atomic E-state index is 4.93. The van der Waals surface area contributed by atoms with E-state index in [1.54, 1.807) is 0 Å². The topological polar surface area (TPSA) is 25.8 Å². The number of pyridine rings is 2. The van der Waals surface area contributed by atoms with Crippen LogP contribution in [-0.2, 0) is 12.8 Å². The monoisotopic (exact) mass is 452 g/mol. The molecule has 0 spiro atoms. The van der Waals surface area contributed by atoms with Gasteiger partial charge in [0.05, 0.1) is 22.4 Å². The van der Waals surface area contributed by atoms with Crippen molar-refractivity contribution in [3.63, 3.8) is 0 Å². The van der Waals surface area contributed by atoms with E-state index in [0.717, 1.165) is 35.3 Å². The molecule has 0 N–H and O–H groups in total. The summed E-state index contributed by atoms with van der Waals surface area (Å²) in [6.45, 7) is 4.54. The summed E-state index contributed by atoms with van der Waals surface area (Å²) in [6.07, 6.45) is 15.6. The van der Waals surface area contributed by atoms with Crippen molar-refractivity contribution in [3.05, 3.63) is 71.8 Å². The van der Waals surface area contributed by atoms with Crippen molar-refractivity contribution in [1.82, 2.24) is 9.97 Å². The minimum Gasteiger partial charge on any atom is -0.246 e. The Bertz CT molecular complexity index is 1100. The Kier molecular flexibility index (Phi) is 9.07. The first kappa shape index (κ1) is 24.4. The molecule has 0 amide bonds. The second kappa shape index (κ2) is 12.6. The fourth-order valence-corrected chi connectivity index (χ4v) is 4.81. The molecule has 0 aliphatic carbocycles. The van der Waals surface area contributed by atoms with Crippen LogP contribution in [0, 0.1) is 0 Å². The molecule has 0 saturated carbocycles. The number of hydrogen-bond acceptors (Lipinski definition) is 2. The number of nitrogens with zero attached hydrogens (tertiary/aromatic N) is 2. The molecule has 2 heteroatoms. The normalized spacial score (nSPS) is 11.5. The summed E-state index contributed by atoms with van der Waals surface area (Å²) in [4.78, 5) is 9.87. The molecule has 0 fully saturated rings. The first-order chi connectivity index (χ1) is 16.8. The van der Waals surface area contributed by atoms with Gasteiger partial charge in [0, 0.05) is 10.8 Å². The standard InChI is InChI=1S/C32H40N2/c1-3-5-7-9-11-13-25-15-19-29-27(23-25)17-21-31(33-29)32-22-18-28-24-26(16-20-30(28)34-32)14-12-10-8-6-4-2/h15-24H,3-14H2,1-2H3. The molecule has 2 aromatic carbocycles. The molecule has 178 valence electrons. The summed E-state index contributed by atoms with van der Waals surface area (Å²) in [7, 11) is 0. The number of unbranched alkanes of at least 4 members (excludes halogenated alkanes) is 8. The van der Waals surface area contributed by atoms with E-state index >= 15 is 0 Å². The first-order valence-electron chi connectivity index (χ1n) is 13.6. The van der Waals surface area contributed by atoms with Crippen molar-refractivity contribution in [2.75, 3.05) is 0 Å². The van der Waals surface area contributed by atoms with Gasteiger partial charge in [-0.2, -0.15) is 0 Å². The van der Waals surface area contributed by atoms with Crippen LogP contribution in [0.3, 0.4) is 0 Å². The Morgan fingerprint density at radius 2 is 0.912 bits per heavy atom. The molecule has 2 heterocycles. The van der Waals surface area contributed by atoms with Crippen LogP contribution in [0.5, 0.6) is 0 Å². The lowest BCUT2D eigenvalue weighted by Crippen LogP contribution is -1.92. The van der Waals surface area contributed by atoms with E-state index in [9.17, 15) is 0 Å². The van der Waals surface area contributed by atoms with E-state index < -0.39 is 0 Å². The quantitative estimate of drug-likeness (QED) is 0.189. The molecular formula is C32H40N2. The number of aromatic nitrogens is 2. The van der Waals surface area contributed by atoms with Crippen molar-refractivity contribution in [1.29, 1.82) is 0 Å². The molecule has 0 aliphatic rings. The molecular weight excluding hydrogens is 412 g/mol. The van der Waals surface area contributed by atoms with Gasteiger partial charge in [-0.05, 0) is 73.2 Å². The molecule has 2 aromatic heterocycles. The lowest BCUT2D eigenvalue weighted by atomic mass is 10.0. The van der Waals surface area contributed by atoms with Gasteiger partial charge in [-0.3, -0.25) is 0 Å². The summed E-state index contributed by atoms with van der Waals surface area (Å²) in [5.41, 5.74) is 6.83. The number of rotatable bonds is 13. The van der Waals surface area contributed by atoms with Gasteiger partial charge in [-0.1, -0.05) is 89.5 Å². The smallest absolute Gasteiger partial charge is 0.0894 e. The lowest BCUT2D eigenvalue weighted by molar-refractivity contribution is 0.632. The lowest BCUT2D eigenvalue weighted by Gasteiger charge is -2.08. The number of fused-ring (bicyclic) bond motifs is 2. The molecule has 2 nitrogen and oxygen atoms in total. The van der Waals surface area contributed by atoms with Gasteiger partial charge in [0.25, 0.3) is 0 Å². The second-order valence-corrected chi connectivity index (χ2v) is 9.78. The third-order valence-electron chi connectivity index (χ3n) is 6.91. The van der Waals surface area contributed by atoms with E-state index in [0.29, 0.717) is 0 Å². The van der Waals surface area contributed by atoms with E-state index in [2.05, 4.69) is 74.5 Å². The van der Waals surface area contributed by atoms with Gasteiger partial charge < -0.3 is 0 Å². The van der Waals surface area contributed by atoms with Crippen LogP contribution >= 0.6 is 0 Å². The number of benzene rings is 2. The van der Waals surface area contributed by atoms with Gasteiger partial charge >= 0.3 is 0 Å².